The van der Waals surface area contributed by atoms with Gasteiger partial charge in [-0.25, -0.2) is 0 Å². The van der Waals surface area contributed by atoms with Crippen molar-refractivity contribution in [1.82, 2.24) is 0 Å². The van der Waals surface area contributed by atoms with Crippen molar-refractivity contribution in [2.24, 2.45) is 0 Å². The van der Waals surface area contributed by atoms with Gasteiger partial charge in [0.25, 0.3) is 0 Å². The van der Waals surface area contributed by atoms with Crippen LogP contribution in [0.1, 0.15) is 30.4 Å². The van der Waals surface area contributed by atoms with Gasteiger partial charge in [-0.2, -0.15) is 0 Å². The number of carbonyl (C=O) groups is 1. The van der Waals surface area contributed by atoms with E-state index in [9.17, 15) is 4.79 Å². The molecule has 3 nitrogen and oxygen atoms in total. The Morgan fingerprint density at radius 1 is 1.38 bits per heavy atom. The number of hydrogen-bond donors (Lipinski definition) is 1. The van der Waals surface area contributed by atoms with E-state index in [0.29, 0.717) is 5.41 Å². The molecule has 0 aromatic heterocycles. The van der Waals surface area contributed by atoms with Crippen molar-refractivity contribution in [2.45, 2.75) is 31.1 Å². The molecule has 1 aliphatic heterocycles. The molecule has 3 rings (SSSR count). The molecule has 1 fully saturated rings. The van der Waals surface area contributed by atoms with E-state index in [1.54, 1.807) is 0 Å². The molecule has 3 heteroatoms. The minimum Gasteiger partial charge on any atom is -0.493 e. The summed E-state index contributed by atoms with van der Waals surface area (Å²) >= 11 is 0. The molecule has 84 valence electrons. The molecule has 0 atom stereocenters. The van der Waals surface area contributed by atoms with Crippen molar-refractivity contribution in [3.63, 3.8) is 0 Å². The summed E-state index contributed by atoms with van der Waals surface area (Å²) < 4.78 is 5.61. The maximum Gasteiger partial charge on any atom is 0.307 e. The SMILES string of the molecule is O=C(O)Cc1ccc2c(c1)C1(CCO2)CC1. The fourth-order valence-electron chi connectivity index (χ4n) is 2.56. The smallest absolute Gasteiger partial charge is 0.307 e. The van der Waals surface area contributed by atoms with Gasteiger partial charge in [-0.15, -0.1) is 0 Å². The Hall–Kier alpha value is -1.51. The Bertz CT molecular complexity index is 446. The highest BCUT2D eigenvalue weighted by Gasteiger charge is 2.47. The molecular formula is C13H14O3. The first-order chi connectivity index (χ1) is 7.70. The second kappa shape index (κ2) is 3.24. The highest BCUT2D eigenvalue weighted by Crippen LogP contribution is 2.55. The van der Waals surface area contributed by atoms with Crippen LogP contribution in [0, 0.1) is 0 Å². The molecule has 1 aliphatic carbocycles. The lowest BCUT2D eigenvalue weighted by molar-refractivity contribution is -0.136. The van der Waals surface area contributed by atoms with E-state index in [4.69, 9.17) is 9.84 Å². The number of carboxylic acid groups (broad SMARTS) is 1. The summed E-state index contributed by atoms with van der Waals surface area (Å²) in [7, 11) is 0. The van der Waals surface area contributed by atoms with Crippen molar-refractivity contribution in [3.8, 4) is 5.75 Å². The average Bonchev–Trinajstić information content (AvgIpc) is 3.00. The van der Waals surface area contributed by atoms with Crippen molar-refractivity contribution < 1.29 is 14.6 Å². The normalized spacial score (nSPS) is 20.0. The summed E-state index contributed by atoms with van der Waals surface area (Å²) in [6.45, 7) is 0.797. The van der Waals surface area contributed by atoms with Crippen LogP contribution < -0.4 is 4.74 Å². The van der Waals surface area contributed by atoms with E-state index in [-0.39, 0.29) is 6.42 Å². The molecule has 1 aromatic rings. The van der Waals surface area contributed by atoms with Gasteiger partial charge in [0.05, 0.1) is 13.0 Å². The third-order valence-corrected chi connectivity index (χ3v) is 3.66. The monoisotopic (exact) mass is 218 g/mol. The Balaban J connectivity index is 1.99. The molecule has 1 N–H and O–H groups in total. The zero-order valence-corrected chi connectivity index (χ0v) is 9.03. The van der Waals surface area contributed by atoms with Gasteiger partial charge in [0, 0.05) is 11.0 Å². The minimum absolute atomic E-state index is 0.101. The predicted molar refractivity (Wildman–Crippen MR) is 58.8 cm³/mol. The number of fused-ring (bicyclic) bond motifs is 2. The first-order valence-electron chi connectivity index (χ1n) is 5.68. The zero-order valence-electron chi connectivity index (χ0n) is 9.03. The maximum atomic E-state index is 10.7. The highest BCUT2D eigenvalue weighted by atomic mass is 16.5. The van der Waals surface area contributed by atoms with Crippen molar-refractivity contribution in [3.05, 3.63) is 29.3 Å². The van der Waals surface area contributed by atoms with E-state index in [1.807, 2.05) is 18.2 Å². The van der Waals surface area contributed by atoms with E-state index in [2.05, 4.69) is 0 Å². The van der Waals surface area contributed by atoms with Gasteiger partial charge in [0.15, 0.2) is 0 Å². The third-order valence-electron chi connectivity index (χ3n) is 3.66. The van der Waals surface area contributed by atoms with Gasteiger partial charge in [0.2, 0.25) is 0 Å². The Morgan fingerprint density at radius 2 is 2.19 bits per heavy atom. The molecule has 0 amide bonds. The Morgan fingerprint density at radius 3 is 2.88 bits per heavy atom. The number of carboxylic acids is 1. The van der Waals surface area contributed by atoms with Crippen molar-refractivity contribution in [2.75, 3.05) is 6.61 Å². The van der Waals surface area contributed by atoms with Crippen LogP contribution in [0.25, 0.3) is 0 Å². The minimum atomic E-state index is -0.776. The van der Waals surface area contributed by atoms with Gasteiger partial charge in [-0.3, -0.25) is 4.79 Å². The lowest BCUT2D eigenvalue weighted by Crippen LogP contribution is -2.20. The Kier molecular flexibility index (Phi) is 1.96. The molecule has 2 aliphatic rings. The number of hydrogen-bond acceptors (Lipinski definition) is 2. The van der Waals surface area contributed by atoms with Gasteiger partial charge in [-0.05, 0) is 30.9 Å². The molecule has 1 saturated carbocycles. The number of aliphatic carboxylic acids is 1. The second-order valence-electron chi connectivity index (χ2n) is 4.78. The largest absolute Gasteiger partial charge is 0.493 e. The fourth-order valence-corrected chi connectivity index (χ4v) is 2.56. The van der Waals surface area contributed by atoms with Crippen LogP contribution in [0.5, 0.6) is 5.75 Å². The van der Waals surface area contributed by atoms with Crippen molar-refractivity contribution >= 4 is 5.97 Å². The van der Waals surface area contributed by atoms with Crippen molar-refractivity contribution in [1.29, 1.82) is 0 Å². The van der Waals surface area contributed by atoms with Crippen LogP contribution in [-0.4, -0.2) is 17.7 Å². The molecule has 0 unspecified atom stereocenters. The molecule has 16 heavy (non-hydrogen) atoms. The van der Waals surface area contributed by atoms with Gasteiger partial charge >= 0.3 is 5.97 Å². The molecule has 1 heterocycles. The van der Waals surface area contributed by atoms with Crippen LogP contribution in [0.15, 0.2) is 18.2 Å². The van der Waals surface area contributed by atoms with Crippen LogP contribution in [0.2, 0.25) is 0 Å². The average molecular weight is 218 g/mol. The predicted octanol–water partition coefficient (Wildman–Crippen LogP) is 2.13. The summed E-state index contributed by atoms with van der Waals surface area (Å²) in [5.74, 6) is 0.180. The van der Waals surface area contributed by atoms with E-state index in [1.165, 1.54) is 18.4 Å². The zero-order chi connectivity index (χ0) is 11.2. The summed E-state index contributed by atoms with van der Waals surface area (Å²) in [5.41, 5.74) is 2.43. The van der Waals surface area contributed by atoms with E-state index in [0.717, 1.165) is 24.3 Å². The summed E-state index contributed by atoms with van der Waals surface area (Å²) in [4.78, 5) is 10.7. The van der Waals surface area contributed by atoms with Gasteiger partial charge in [0.1, 0.15) is 5.75 Å². The van der Waals surface area contributed by atoms with Gasteiger partial charge in [-0.1, -0.05) is 12.1 Å². The number of ether oxygens (including phenoxy) is 1. The quantitative estimate of drug-likeness (QED) is 0.827. The standard InChI is InChI=1S/C13H14O3/c14-12(15)8-9-1-2-11-10(7-9)13(3-4-13)5-6-16-11/h1-2,7H,3-6,8H2,(H,14,15). The van der Waals surface area contributed by atoms with Crippen LogP contribution in [0.4, 0.5) is 0 Å². The highest BCUT2D eigenvalue weighted by molar-refractivity contribution is 5.70. The topological polar surface area (TPSA) is 46.5 Å². The first-order valence-corrected chi connectivity index (χ1v) is 5.68. The number of rotatable bonds is 2. The van der Waals surface area contributed by atoms with Crippen LogP contribution >= 0.6 is 0 Å². The van der Waals surface area contributed by atoms with E-state index >= 15 is 0 Å². The summed E-state index contributed by atoms with van der Waals surface area (Å²) in [6, 6.07) is 5.80. The molecule has 0 bridgehead atoms. The molecule has 1 aromatic carbocycles. The lowest BCUT2D eigenvalue weighted by Gasteiger charge is -2.26. The first kappa shape index (κ1) is 9.70. The van der Waals surface area contributed by atoms with E-state index < -0.39 is 5.97 Å². The molecule has 1 spiro atoms. The molecule has 0 radical (unpaired) electrons. The fraction of sp³-hybridized carbons (Fsp3) is 0.462. The molecule has 0 saturated heterocycles. The summed E-state index contributed by atoms with van der Waals surface area (Å²) in [5, 5.41) is 8.79. The van der Waals surface area contributed by atoms with Crippen LogP contribution in [0.3, 0.4) is 0 Å². The maximum absolute atomic E-state index is 10.7. The molecular weight excluding hydrogens is 204 g/mol. The summed E-state index contributed by atoms with van der Waals surface area (Å²) in [6.07, 6.45) is 3.62. The third kappa shape index (κ3) is 1.47. The van der Waals surface area contributed by atoms with Crippen LogP contribution in [-0.2, 0) is 16.6 Å². The lowest BCUT2D eigenvalue weighted by atomic mass is 9.88. The second-order valence-corrected chi connectivity index (χ2v) is 4.78. The number of benzene rings is 1. The Labute approximate surface area is 94.0 Å². The van der Waals surface area contributed by atoms with Gasteiger partial charge < -0.3 is 9.84 Å².